The molecule has 2 aliphatic heterocycles. The number of hydrogen-bond acceptors (Lipinski definition) is 3. The zero-order valence-corrected chi connectivity index (χ0v) is 12.2. The molecule has 1 aromatic rings. The Bertz CT molecular complexity index is 542. The lowest BCUT2D eigenvalue weighted by atomic mass is 10.0. The van der Waals surface area contributed by atoms with E-state index in [-0.39, 0.29) is 12.1 Å². The van der Waals surface area contributed by atoms with Gasteiger partial charge in [0.25, 0.3) is 0 Å². The normalized spacial score (nSPS) is 25.6. The van der Waals surface area contributed by atoms with Crippen LogP contribution in [0.4, 0.5) is 4.79 Å². The molecule has 3 heterocycles. The summed E-state index contributed by atoms with van der Waals surface area (Å²) >= 11 is 1.73. The molecule has 0 aromatic carbocycles. The molecule has 1 N–H and O–H groups in total. The Kier molecular flexibility index (Phi) is 3.41. The summed E-state index contributed by atoms with van der Waals surface area (Å²) in [6.45, 7) is 3.25. The Morgan fingerprint density at radius 2 is 2.15 bits per heavy atom. The average molecular weight is 294 g/mol. The van der Waals surface area contributed by atoms with Crippen molar-refractivity contribution in [2.45, 2.75) is 38.3 Å². The topological polar surface area (TPSA) is 60.9 Å². The van der Waals surface area contributed by atoms with Crippen LogP contribution in [0.2, 0.25) is 0 Å². The fourth-order valence-electron chi connectivity index (χ4n) is 3.19. The monoisotopic (exact) mass is 294 g/mol. The first-order valence-electron chi connectivity index (χ1n) is 6.96. The Labute approximate surface area is 121 Å². The fourth-order valence-corrected chi connectivity index (χ4v) is 4.15. The van der Waals surface area contributed by atoms with Gasteiger partial charge in [0.15, 0.2) is 0 Å². The molecule has 1 saturated heterocycles. The zero-order valence-electron chi connectivity index (χ0n) is 11.4. The van der Waals surface area contributed by atoms with Crippen LogP contribution in [0.5, 0.6) is 0 Å². The lowest BCUT2D eigenvalue weighted by molar-refractivity contribution is -0.141. The van der Waals surface area contributed by atoms with Crippen molar-refractivity contribution in [2.24, 2.45) is 0 Å². The third-order valence-corrected chi connectivity index (χ3v) is 5.30. The maximum atomic E-state index is 12.6. The molecule has 108 valence electrons. The molecule has 2 atom stereocenters. The van der Waals surface area contributed by atoms with E-state index >= 15 is 0 Å². The van der Waals surface area contributed by atoms with Crippen molar-refractivity contribution < 1.29 is 14.7 Å². The summed E-state index contributed by atoms with van der Waals surface area (Å²) in [6.07, 6.45) is 2.20. The van der Waals surface area contributed by atoms with Gasteiger partial charge in [0.05, 0.1) is 6.04 Å². The van der Waals surface area contributed by atoms with Gasteiger partial charge in [0.2, 0.25) is 0 Å². The molecule has 0 spiro atoms. The molecular formula is C14H18N2O3S. The second kappa shape index (κ2) is 5.09. The fraction of sp³-hybridized carbons (Fsp3) is 0.571. The number of aliphatic carboxylic acids is 1. The van der Waals surface area contributed by atoms with E-state index in [4.69, 9.17) is 0 Å². The maximum Gasteiger partial charge on any atom is 0.326 e. The summed E-state index contributed by atoms with van der Waals surface area (Å²) in [5.41, 5.74) is 1.21. The van der Waals surface area contributed by atoms with Gasteiger partial charge < -0.3 is 14.9 Å². The van der Waals surface area contributed by atoms with Crippen molar-refractivity contribution in [2.75, 3.05) is 13.1 Å². The SMILES string of the molecule is CC1c2ccsc2CCN1C(=O)N1CCCC1C(=O)O. The first kappa shape index (κ1) is 13.4. The lowest BCUT2D eigenvalue weighted by Gasteiger charge is -2.37. The van der Waals surface area contributed by atoms with Gasteiger partial charge in [0.1, 0.15) is 6.04 Å². The van der Waals surface area contributed by atoms with E-state index in [0.717, 1.165) is 12.8 Å². The molecule has 2 unspecified atom stereocenters. The molecule has 2 amide bonds. The number of likely N-dealkylation sites (tertiary alicyclic amines) is 1. The summed E-state index contributed by atoms with van der Waals surface area (Å²) in [5.74, 6) is -0.892. The number of carboxylic acid groups (broad SMARTS) is 1. The van der Waals surface area contributed by atoms with Crippen LogP contribution in [-0.4, -0.2) is 46.0 Å². The Hall–Kier alpha value is -1.56. The minimum absolute atomic E-state index is 0.0348. The van der Waals surface area contributed by atoms with Crippen LogP contribution in [0.15, 0.2) is 11.4 Å². The van der Waals surface area contributed by atoms with Crippen LogP contribution in [0.1, 0.15) is 36.2 Å². The van der Waals surface area contributed by atoms with Gasteiger partial charge in [-0.3, -0.25) is 0 Å². The molecule has 6 heteroatoms. The number of carbonyl (C=O) groups is 2. The zero-order chi connectivity index (χ0) is 14.3. The highest BCUT2D eigenvalue weighted by Gasteiger charge is 2.38. The van der Waals surface area contributed by atoms with Gasteiger partial charge in [-0.2, -0.15) is 0 Å². The second-order valence-corrected chi connectivity index (χ2v) is 6.39. The van der Waals surface area contributed by atoms with Crippen molar-refractivity contribution >= 4 is 23.3 Å². The Morgan fingerprint density at radius 1 is 1.35 bits per heavy atom. The quantitative estimate of drug-likeness (QED) is 0.864. The number of hydrogen-bond donors (Lipinski definition) is 1. The van der Waals surface area contributed by atoms with E-state index in [1.54, 1.807) is 11.3 Å². The highest BCUT2D eigenvalue weighted by atomic mass is 32.1. The van der Waals surface area contributed by atoms with Crippen molar-refractivity contribution in [1.29, 1.82) is 0 Å². The summed E-state index contributed by atoms with van der Waals surface area (Å²) in [4.78, 5) is 28.6. The van der Waals surface area contributed by atoms with Crippen LogP contribution in [0.25, 0.3) is 0 Å². The first-order valence-corrected chi connectivity index (χ1v) is 7.84. The standard InChI is InChI=1S/C14H18N2O3S/c1-9-10-5-8-20-12(10)4-7-15(9)14(19)16-6-2-3-11(16)13(17)18/h5,8-9,11H,2-4,6-7H2,1H3,(H,17,18). The highest BCUT2D eigenvalue weighted by molar-refractivity contribution is 7.10. The summed E-state index contributed by atoms with van der Waals surface area (Å²) in [6, 6.07) is 1.33. The molecular weight excluding hydrogens is 276 g/mol. The third kappa shape index (κ3) is 2.08. The molecule has 5 nitrogen and oxygen atoms in total. The van der Waals surface area contributed by atoms with Gasteiger partial charge in [0, 0.05) is 18.0 Å². The summed E-state index contributed by atoms with van der Waals surface area (Å²) in [5, 5.41) is 11.3. The predicted octanol–water partition coefficient (Wildman–Crippen LogP) is 2.34. The predicted molar refractivity (Wildman–Crippen MR) is 75.9 cm³/mol. The van der Waals surface area contributed by atoms with Gasteiger partial charge in [-0.1, -0.05) is 0 Å². The molecule has 3 rings (SSSR count). The van der Waals surface area contributed by atoms with Crippen LogP contribution < -0.4 is 0 Å². The minimum atomic E-state index is -0.892. The number of rotatable bonds is 1. The molecule has 1 aromatic heterocycles. The minimum Gasteiger partial charge on any atom is -0.480 e. The van der Waals surface area contributed by atoms with Crippen LogP contribution in [-0.2, 0) is 11.2 Å². The van der Waals surface area contributed by atoms with E-state index in [1.807, 2.05) is 11.8 Å². The summed E-state index contributed by atoms with van der Waals surface area (Å²) < 4.78 is 0. The molecule has 2 aliphatic rings. The number of nitrogens with zero attached hydrogens (tertiary/aromatic N) is 2. The van der Waals surface area contributed by atoms with Gasteiger partial charge >= 0.3 is 12.0 Å². The highest BCUT2D eigenvalue weighted by Crippen LogP contribution is 2.34. The van der Waals surface area contributed by atoms with Crippen molar-refractivity contribution in [1.82, 2.24) is 9.80 Å². The average Bonchev–Trinajstić information content (AvgIpc) is 3.07. The van der Waals surface area contributed by atoms with E-state index in [0.29, 0.717) is 19.5 Å². The molecule has 20 heavy (non-hydrogen) atoms. The van der Waals surface area contributed by atoms with Crippen LogP contribution in [0, 0.1) is 0 Å². The number of thiophene rings is 1. The van der Waals surface area contributed by atoms with Crippen molar-refractivity contribution in [3.63, 3.8) is 0 Å². The number of urea groups is 1. The Balaban J connectivity index is 1.80. The molecule has 0 bridgehead atoms. The van der Waals surface area contributed by atoms with Crippen molar-refractivity contribution in [3.05, 3.63) is 21.9 Å². The van der Waals surface area contributed by atoms with Gasteiger partial charge in [-0.05, 0) is 43.2 Å². The largest absolute Gasteiger partial charge is 0.480 e. The summed E-state index contributed by atoms with van der Waals surface area (Å²) in [7, 11) is 0. The number of carboxylic acids is 1. The number of amides is 2. The van der Waals surface area contributed by atoms with E-state index in [1.165, 1.54) is 15.3 Å². The number of fused-ring (bicyclic) bond motifs is 1. The third-order valence-electron chi connectivity index (χ3n) is 4.31. The van der Waals surface area contributed by atoms with E-state index < -0.39 is 12.0 Å². The second-order valence-electron chi connectivity index (χ2n) is 5.39. The smallest absolute Gasteiger partial charge is 0.326 e. The lowest BCUT2D eigenvalue weighted by Crippen LogP contribution is -2.50. The van der Waals surface area contributed by atoms with Crippen LogP contribution >= 0.6 is 11.3 Å². The Morgan fingerprint density at radius 3 is 2.90 bits per heavy atom. The number of carbonyl (C=O) groups excluding carboxylic acids is 1. The van der Waals surface area contributed by atoms with Gasteiger partial charge in [-0.15, -0.1) is 11.3 Å². The van der Waals surface area contributed by atoms with Crippen LogP contribution in [0.3, 0.4) is 0 Å². The molecule has 0 radical (unpaired) electrons. The van der Waals surface area contributed by atoms with E-state index in [9.17, 15) is 14.7 Å². The van der Waals surface area contributed by atoms with Gasteiger partial charge in [-0.25, -0.2) is 9.59 Å². The van der Waals surface area contributed by atoms with E-state index in [2.05, 4.69) is 11.4 Å². The molecule has 0 saturated carbocycles. The van der Waals surface area contributed by atoms with Crippen molar-refractivity contribution in [3.8, 4) is 0 Å². The maximum absolute atomic E-state index is 12.6. The first-order chi connectivity index (χ1) is 9.59. The molecule has 1 fully saturated rings. The molecule has 0 aliphatic carbocycles.